The Bertz CT molecular complexity index is 1300. The molecule has 162 valence electrons. The van der Waals surface area contributed by atoms with Crippen LogP contribution < -0.4 is 5.32 Å². The van der Waals surface area contributed by atoms with E-state index in [-0.39, 0.29) is 24.1 Å². The van der Waals surface area contributed by atoms with E-state index in [0.29, 0.717) is 24.1 Å². The molecule has 0 aliphatic carbocycles. The number of piperidine rings is 1. The third-order valence-corrected chi connectivity index (χ3v) is 6.17. The molecule has 8 heteroatoms. The molecule has 1 N–H and O–H groups in total. The molecule has 2 aliphatic rings. The number of fused-ring (bicyclic) bond motifs is 1. The molecule has 1 aromatic heterocycles. The number of aromatic nitrogens is 2. The Morgan fingerprint density at radius 3 is 2.62 bits per heavy atom. The molecule has 1 fully saturated rings. The number of carbonyl (C=O) groups excluding carboxylic acids is 3. The smallest absolute Gasteiger partial charge is 0.255 e. The van der Waals surface area contributed by atoms with Crippen LogP contribution in [0.15, 0.2) is 42.7 Å². The molecule has 2 aromatic carbocycles. The Morgan fingerprint density at radius 1 is 1.09 bits per heavy atom. The van der Waals surface area contributed by atoms with E-state index in [4.69, 9.17) is 0 Å². The van der Waals surface area contributed by atoms with E-state index in [1.807, 2.05) is 23.7 Å². The van der Waals surface area contributed by atoms with Crippen molar-refractivity contribution in [2.75, 3.05) is 0 Å². The average molecular weight is 432 g/mol. The van der Waals surface area contributed by atoms with Crippen LogP contribution in [-0.4, -0.2) is 38.2 Å². The fraction of sp³-hybridized carbons (Fsp3) is 0.250. The van der Waals surface area contributed by atoms with Crippen molar-refractivity contribution in [3.63, 3.8) is 0 Å². The van der Waals surface area contributed by atoms with E-state index in [1.54, 1.807) is 31.5 Å². The summed E-state index contributed by atoms with van der Waals surface area (Å²) in [6, 6.07) is 9.83. The van der Waals surface area contributed by atoms with Crippen LogP contribution in [0, 0.1) is 12.7 Å². The molecule has 1 unspecified atom stereocenters. The first kappa shape index (κ1) is 20.1. The molecule has 2 aliphatic heterocycles. The second-order valence-electron chi connectivity index (χ2n) is 8.29. The number of amides is 3. The zero-order chi connectivity index (χ0) is 22.6. The van der Waals surface area contributed by atoms with Gasteiger partial charge in [0.15, 0.2) is 0 Å². The van der Waals surface area contributed by atoms with Crippen molar-refractivity contribution in [2.24, 2.45) is 7.05 Å². The number of rotatable bonds is 3. The first-order valence-electron chi connectivity index (χ1n) is 10.4. The van der Waals surface area contributed by atoms with Crippen LogP contribution in [-0.2, 0) is 23.2 Å². The maximum Gasteiger partial charge on any atom is 0.255 e. The summed E-state index contributed by atoms with van der Waals surface area (Å²) in [5.74, 6) is -1.21. The highest BCUT2D eigenvalue weighted by molar-refractivity contribution is 6.05. The number of hydrogen-bond donors (Lipinski definition) is 1. The summed E-state index contributed by atoms with van der Waals surface area (Å²) in [6.07, 6.45) is 2.25. The van der Waals surface area contributed by atoms with Crippen LogP contribution >= 0.6 is 0 Å². The van der Waals surface area contributed by atoms with Crippen molar-refractivity contribution in [1.29, 1.82) is 0 Å². The summed E-state index contributed by atoms with van der Waals surface area (Å²) in [6.45, 7) is 2.02. The quantitative estimate of drug-likeness (QED) is 0.645. The highest BCUT2D eigenvalue weighted by Crippen LogP contribution is 2.35. The third-order valence-electron chi connectivity index (χ3n) is 6.17. The number of hydrogen-bond acceptors (Lipinski definition) is 4. The summed E-state index contributed by atoms with van der Waals surface area (Å²) >= 11 is 0. The molecule has 1 atom stereocenters. The Labute approximate surface area is 183 Å². The minimum absolute atomic E-state index is 0.212. The van der Waals surface area contributed by atoms with Crippen LogP contribution in [0.2, 0.25) is 0 Å². The van der Waals surface area contributed by atoms with Crippen LogP contribution in [0.5, 0.6) is 0 Å². The summed E-state index contributed by atoms with van der Waals surface area (Å²) in [5, 5.41) is 2.32. The van der Waals surface area contributed by atoms with Gasteiger partial charge in [-0.3, -0.25) is 19.7 Å². The van der Waals surface area contributed by atoms with Gasteiger partial charge in [0.1, 0.15) is 11.9 Å². The highest BCUT2D eigenvalue weighted by Gasteiger charge is 2.39. The number of imide groups is 1. The van der Waals surface area contributed by atoms with Crippen LogP contribution in [0.3, 0.4) is 0 Å². The number of benzene rings is 2. The molecule has 3 aromatic rings. The molecule has 0 spiro atoms. The molecular formula is C24H21FN4O3. The molecule has 32 heavy (non-hydrogen) atoms. The topological polar surface area (TPSA) is 84.3 Å². The Kier molecular flexibility index (Phi) is 4.65. The van der Waals surface area contributed by atoms with Gasteiger partial charge in [-0.15, -0.1) is 0 Å². The van der Waals surface area contributed by atoms with Crippen molar-refractivity contribution < 1.29 is 18.8 Å². The molecule has 0 radical (unpaired) electrons. The minimum Gasteiger partial charge on any atom is -0.333 e. The fourth-order valence-corrected chi connectivity index (χ4v) is 4.50. The lowest BCUT2D eigenvalue weighted by atomic mass is 10.00. The maximum atomic E-state index is 13.8. The van der Waals surface area contributed by atoms with Gasteiger partial charge in [-0.25, -0.2) is 9.37 Å². The molecule has 3 heterocycles. The van der Waals surface area contributed by atoms with Crippen molar-refractivity contribution in [1.82, 2.24) is 19.8 Å². The molecule has 1 saturated heterocycles. The van der Waals surface area contributed by atoms with Crippen molar-refractivity contribution >= 4 is 17.7 Å². The van der Waals surface area contributed by atoms with Gasteiger partial charge in [0.25, 0.3) is 5.91 Å². The van der Waals surface area contributed by atoms with Crippen LogP contribution in [0.25, 0.3) is 22.5 Å². The van der Waals surface area contributed by atoms with Crippen molar-refractivity contribution in [3.05, 3.63) is 65.2 Å². The van der Waals surface area contributed by atoms with Gasteiger partial charge < -0.3 is 9.47 Å². The fourth-order valence-electron chi connectivity index (χ4n) is 4.50. The molecule has 0 bridgehead atoms. The van der Waals surface area contributed by atoms with Gasteiger partial charge in [0, 0.05) is 36.7 Å². The van der Waals surface area contributed by atoms with Crippen LogP contribution in [0.4, 0.5) is 4.39 Å². The van der Waals surface area contributed by atoms with E-state index >= 15 is 0 Å². The Morgan fingerprint density at radius 2 is 1.88 bits per heavy atom. The zero-order valence-electron chi connectivity index (χ0n) is 17.7. The average Bonchev–Trinajstić information content (AvgIpc) is 3.30. The van der Waals surface area contributed by atoms with Gasteiger partial charge >= 0.3 is 0 Å². The van der Waals surface area contributed by atoms with E-state index in [1.165, 1.54) is 11.0 Å². The van der Waals surface area contributed by atoms with E-state index in [2.05, 4.69) is 10.3 Å². The first-order valence-corrected chi connectivity index (χ1v) is 10.4. The molecular weight excluding hydrogens is 411 g/mol. The Balaban J connectivity index is 1.50. The predicted octanol–water partition coefficient (Wildman–Crippen LogP) is 2.96. The first-order chi connectivity index (χ1) is 15.3. The molecule has 7 nitrogen and oxygen atoms in total. The zero-order valence-corrected chi connectivity index (χ0v) is 17.7. The number of halogens is 1. The van der Waals surface area contributed by atoms with E-state index in [0.717, 1.165) is 28.1 Å². The summed E-state index contributed by atoms with van der Waals surface area (Å²) in [5.41, 5.74) is 5.17. The second kappa shape index (κ2) is 7.40. The molecule has 0 saturated carbocycles. The van der Waals surface area contributed by atoms with Crippen molar-refractivity contribution in [2.45, 2.75) is 32.4 Å². The van der Waals surface area contributed by atoms with E-state index in [9.17, 15) is 18.8 Å². The number of aryl methyl sites for hydroxylation is 2. The predicted molar refractivity (Wildman–Crippen MR) is 115 cm³/mol. The Hall–Kier alpha value is -3.81. The lowest BCUT2D eigenvalue weighted by Crippen LogP contribution is -2.52. The molecule has 3 amide bonds. The third kappa shape index (κ3) is 3.19. The normalized spacial score (nSPS) is 18.2. The monoisotopic (exact) mass is 432 g/mol. The van der Waals surface area contributed by atoms with Crippen LogP contribution in [0.1, 0.15) is 34.3 Å². The van der Waals surface area contributed by atoms with Gasteiger partial charge in [-0.1, -0.05) is 6.07 Å². The van der Waals surface area contributed by atoms with Gasteiger partial charge in [-0.05, 0) is 54.8 Å². The summed E-state index contributed by atoms with van der Waals surface area (Å²) in [7, 11) is 1.88. The maximum absolute atomic E-state index is 13.8. The number of nitrogens with zero attached hydrogens (tertiary/aromatic N) is 3. The second-order valence-corrected chi connectivity index (χ2v) is 8.29. The van der Waals surface area contributed by atoms with E-state index < -0.39 is 11.9 Å². The minimum atomic E-state index is -0.649. The van der Waals surface area contributed by atoms with Crippen molar-refractivity contribution in [3.8, 4) is 22.5 Å². The van der Waals surface area contributed by atoms with Gasteiger partial charge in [0.05, 0.1) is 17.7 Å². The lowest BCUT2D eigenvalue weighted by Gasteiger charge is -2.29. The lowest BCUT2D eigenvalue weighted by molar-refractivity contribution is -0.136. The number of carbonyl (C=O) groups is 3. The number of imidazole rings is 1. The van der Waals surface area contributed by atoms with Gasteiger partial charge in [0.2, 0.25) is 11.8 Å². The number of nitrogens with one attached hydrogen (secondary N) is 1. The summed E-state index contributed by atoms with van der Waals surface area (Å²) in [4.78, 5) is 42.8. The van der Waals surface area contributed by atoms with Gasteiger partial charge in [-0.2, -0.15) is 0 Å². The largest absolute Gasteiger partial charge is 0.333 e. The highest BCUT2D eigenvalue weighted by atomic mass is 19.1. The standard InChI is InChI=1S/C24H21FN4O3/c1-13-9-15(4-6-18(13)25)22-21(26-12-28(22)2)14-3-5-17-16(10-14)11-29(24(17)32)19-7-8-20(30)27-23(19)31/h3-6,9-10,12,19H,7-8,11H2,1-2H3,(H,27,30,31). The SMILES string of the molecule is Cc1cc(-c2c(-c3ccc4c(c3)CN(C3CCC(=O)NC3=O)C4=O)ncn2C)ccc1F. The summed E-state index contributed by atoms with van der Waals surface area (Å²) < 4.78 is 15.7. The molecule has 5 rings (SSSR count).